The number of carbonyl (C=O) groups is 2. The van der Waals surface area contributed by atoms with Crippen molar-refractivity contribution in [3.8, 4) is 0 Å². The number of rotatable bonds is 3. The maximum atomic E-state index is 12.2. The molecule has 3 nitrogen and oxygen atoms in total. The van der Waals surface area contributed by atoms with E-state index in [2.05, 4.69) is 0 Å². The Hall–Kier alpha value is -2.10. The van der Waals surface area contributed by atoms with Gasteiger partial charge in [0.25, 0.3) is 11.8 Å². The van der Waals surface area contributed by atoms with Crippen LogP contribution in [0.2, 0.25) is 10.0 Å². The van der Waals surface area contributed by atoms with Crippen LogP contribution in [0, 0.1) is 0 Å². The number of benzene rings is 2. The molecule has 1 aliphatic rings. The van der Waals surface area contributed by atoms with Crippen LogP contribution in [0.5, 0.6) is 0 Å². The van der Waals surface area contributed by atoms with E-state index in [9.17, 15) is 9.59 Å². The molecule has 0 unspecified atom stereocenters. The minimum atomic E-state index is -0.271. The van der Waals surface area contributed by atoms with E-state index >= 15 is 0 Å². The van der Waals surface area contributed by atoms with E-state index in [1.165, 1.54) is 4.90 Å². The molecule has 5 heteroatoms. The van der Waals surface area contributed by atoms with E-state index < -0.39 is 0 Å². The lowest BCUT2D eigenvalue weighted by Gasteiger charge is -2.10. The lowest BCUT2D eigenvalue weighted by Crippen LogP contribution is -2.29. The molecule has 0 radical (unpaired) electrons. The number of imide groups is 1. The second-order valence-electron chi connectivity index (χ2n) is 4.83. The van der Waals surface area contributed by atoms with Crippen molar-refractivity contribution in [3.63, 3.8) is 0 Å². The highest BCUT2D eigenvalue weighted by Gasteiger charge is 2.33. The van der Waals surface area contributed by atoms with Gasteiger partial charge >= 0.3 is 0 Å². The summed E-state index contributed by atoms with van der Waals surface area (Å²) in [6.45, 7) is 0.200. The predicted octanol–water partition coefficient (Wildman–Crippen LogP) is 4.30. The minimum absolute atomic E-state index is 0.200. The zero-order chi connectivity index (χ0) is 15.7. The molecule has 0 spiro atoms. The molecule has 1 heterocycles. The Bertz CT molecular complexity index is 764. The molecular formula is C17H11Cl2NO2. The highest BCUT2D eigenvalue weighted by molar-refractivity contribution is 6.35. The molecule has 0 atom stereocenters. The fourth-order valence-corrected chi connectivity index (χ4v) is 2.80. The van der Waals surface area contributed by atoms with Crippen LogP contribution in [0.3, 0.4) is 0 Å². The van der Waals surface area contributed by atoms with Gasteiger partial charge in [0, 0.05) is 16.6 Å². The summed E-state index contributed by atoms with van der Waals surface area (Å²) in [6, 6.07) is 12.0. The molecule has 0 aliphatic carbocycles. The molecule has 2 aromatic rings. The molecule has 0 bridgehead atoms. The number of halogens is 2. The summed E-state index contributed by atoms with van der Waals surface area (Å²) in [6.07, 6.45) is 3.50. The summed E-state index contributed by atoms with van der Waals surface area (Å²) >= 11 is 11.9. The van der Waals surface area contributed by atoms with Crippen LogP contribution in [0.4, 0.5) is 0 Å². The van der Waals surface area contributed by atoms with Gasteiger partial charge in [-0.15, -0.1) is 0 Å². The summed E-state index contributed by atoms with van der Waals surface area (Å²) < 4.78 is 0. The number of hydrogen-bond donors (Lipinski definition) is 0. The van der Waals surface area contributed by atoms with Gasteiger partial charge in [0.05, 0.1) is 11.1 Å². The zero-order valence-electron chi connectivity index (χ0n) is 11.4. The van der Waals surface area contributed by atoms with Crippen LogP contribution in [-0.2, 0) is 0 Å². The van der Waals surface area contributed by atoms with Gasteiger partial charge in [0.1, 0.15) is 0 Å². The van der Waals surface area contributed by atoms with Crippen molar-refractivity contribution in [2.24, 2.45) is 0 Å². The largest absolute Gasteiger partial charge is 0.270 e. The molecule has 2 aromatic carbocycles. The normalized spacial score (nSPS) is 14.0. The lowest BCUT2D eigenvalue weighted by atomic mass is 10.1. The minimum Gasteiger partial charge on any atom is -0.270 e. The maximum Gasteiger partial charge on any atom is 0.261 e. The van der Waals surface area contributed by atoms with Gasteiger partial charge in [-0.3, -0.25) is 14.5 Å². The Morgan fingerprint density at radius 1 is 0.955 bits per heavy atom. The van der Waals surface area contributed by atoms with Gasteiger partial charge in [0.15, 0.2) is 0 Å². The van der Waals surface area contributed by atoms with Crippen molar-refractivity contribution < 1.29 is 9.59 Å². The van der Waals surface area contributed by atoms with Gasteiger partial charge in [-0.05, 0) is 29.8 Å². The monoisotopic (exact) mass is 331 g/mol. The van der Waals surface area contributed by atoms with E-state index in [1.54, 1.807) is 54.6 Å². The number of carbonyl (C=O) groups excluding carboxylic acids is 2. The van der Waals surface area contributed by atoms with Crippen molar-refractivity contribution in [2.75, 3.05) is 6.54 Å². The number of fused-ring (bicyclic) bond motifs is 1. The van der Waals surface area contributed by atoms with Crippen molar-refractivity contribution in [1.29, 1.82) is 0 Å². The van der Waals surface area contributed by atoms with Gasteiger partial charge in [-0.2, -0.15) is 0 Å². The Labute approximate surface area is 137 Å². The molecule has 0 aromatic heterocycles. The fourth-order valence-electron chi connectivity index (χ4n) is 2.33. The molecule has 2 amide bonds. The van der Waals surface area contributed by atoms with Crippen molar-refractivity contribution in [1.82, 2.24) is 4.90 Å². The fraction of sp³-hybridized carbons (Fsp3) is 0.0588. The van der Waals surface area contributed by atoms with Crippen LogP contribution in [0.15, 0.2) is 48.5 Å². The second-order valence-corrected chi connectivity index (χ2v) is 5.68. The highest BCUT2D eigenvalue weighted by Crippen LogP contribution is 2.24. The Morgan fingerprint density at radius 2 is 1.59 bits per heavy atom. The van der Waals surface area contributed by atoms with E-state index in [1.807, 2.05) is 0 Å². The van der Waals surface area contributed by atoms with E-state index in [-0.39, 0.29) is 18.4 Å². The van der Waals surface area contributed by atoms with Gasteiger partial charge in [0.2, 0.25) is 0 Å². The number of nitrogens with zero attached hydrogens (tertiary/aromatic N) is 1. The Kier molecular flexibility index (Phi) is 4.01. The maximum absolute atomic E-state index is 12.2. The first-order chi connectivity index (χ1) is 10.6. The van der Waals surface area contributed by atoms with Gasteiger partial charge in [-0.1, -0.05) is 53.6 Å². The first kappa shape index (κ1) is 14.8. The molecule has 0 saturated carbocycles. The number of hydrogen-bond acceptors (Lipinski definition) is 2. The quantitative estimate of drug-likeness (QED) is 0.786. The lowest BCUT2D eigenvalue weighted by molar-refractivity contribution is 0.0672. The third-order valence-electron chi connectivity index (χ3n) is 3.43. The van der Waals surface area contributed by atoms with Crippen LogP contribution in [0.25, 0.3) is 6.08 Å². The van der Waals surface area contributed by atoms with Crippen LogP contribution in [0.1, 0.15) is 26.3 Å². The van der Waals surface area contributed by atoms with Gasteiger partial charge < -0.3 is 0 Å². The summed E-state index contributed by atoms with van der Waals surface area (Å²) in [4.78, 5) is 25.6. The summed E-state index contributed by atoms with van der Waals surface area (Å²) in [5.41, 5.74) is 1.68. The standard InChI is InChI=1S/C17H11Cl2NO2/c18-12-8-7-11(15(19)10-12)4-3-9-20-16(21)13-5-1-2-6-14(13)17(20)22/h1-8,10H,9H2/b4-3+. The molecule has 0 fully saturated rings. The highest BCUT2D eigenvalue weighted by atomic mass is 35.5. The first-order valence-electron chi connectivity index (χ1n) is 6.65. The molecule has 3 rings (SSSR count). The molecule has 0 N–H and O–H groups in total. The van der Waals surface area contributed by atoms with E-state index in [0.29, 0.717) is 21.2 Å². The van der Waals surface area contributed by atoms with Crippen molar-refractivity contribution in [3.05, 3.63) is 75.3 Å². The summed E-state index contributed by atoms with van der Waals surface area (Å²) in [5, 5.41) is 1.08. The second kappa shape index (κ2) is 5.95. The molecular weight excluding hydrogens is 321 g/mol. The zero-order valence-corrected chi connectivity index (χ0v) is 12.9. The first-order valence-corrected chi connectivity index (χ1v) is 7.40. The average Bonchev–Trinajstić information content (AvgIpc) is 2.75. The molecule has 0 saturated heterocycles. The topological polar surface area (TPSA) is 37.4 Å². The van der Waals surface area contributed by atoms with E-state index in [4.69, 9.17) is 23.2 Å². The van der Waals surface area contributed by atoms with Crippen molar-refractivity contribution >= 4 is 41.1 Å². The van der Waals surface area contributed by atoms with Crippen LogP contribution < -0.4 is 0 Å². The van der Waals surface area contributed by atoms with Crippen LogP contribution >= 0.6 is 23.2 Å². The molecule has 110 valence electrons. The third-order valence-corrected chi connectivity index (χ3v) is 3.99. The number of amides is 2. The summed E-state index contributed by atoms with van der Waals surface area (Å²) in [7, 11) is 0. The van der Waals surface area contributed by atoms with Crippen molar-refractivity contribution in [2.45, 2.75) is 0 Å². The summed E-state index contributed by atoms with van der Waals surface area (Å²) in [5.74, 6) is -0.542. The van der Waals surface area contributed by atoms with E-state index in [0.717, 1.165) is 5.56 Å². The SMILES string of the molecule is O=C1c2ccccc2C(=O)N1C/C=C/c1ccc(Cl)cc1Cl. The van der Waals surface area contributed by atoms with Gasteiger partial charge in [-0.25, -0.2) is 0 Å². The smallest absolute Gasteiger partial charge is 0.261 e. The molecule has 1 aliphatic heterocycles. The average molecular weight is 332 g/mol. The third kappa shape index (κ3) is 2.65. The Balaban J connectivity index is 1.76. The Morgan fingerprint density at radius 3 is 2.18 bits per heavy atom. The van der Waals surface area contributed by atoms with Crippen LogP contribution in [-0.4, -0.2) is 23.3 Å². The molecule has 22 heavy (non-hydrogen) atoms. The predicted molar refractivity (Wildman–Crippen MR) is 87.3 cm³/mol.